The predicted octanol–water partition coefficient (Wildman–Crippen LogP) is 10.8. The lowest BCUT2D eigenvalue weighted by molar-refractivity contribution is -0.162. The third-order valence-electron chi connectivity index (χ3n) is 8.36. The van der Waals surface area contributed by atoms with Crippen LogP contribution in [0.3, 0.4) is 0 Å². The molecule has 0 aromatic heterocycles. The number of rotatable bonds is 32. The van der Waals surface area contributed by atoms with Crippen LogP contribution in [0.5, 0.6) is 0 Å². The summed E-state index contributed by atoms with van der Waals surface area (Å²) in [6, 6.07) is 0. The van der Waals surface area contributed by atoms with E-state index in [1.54, 1.807) is 0 Å². The van der Waals surface area contributed by atoms with Gasteiger partial charge in [0.2, 0.25) is 0 Å². The Labute approximate surface area is 255 Å². The van der Waals surface area contributed by atoms with E-state index in [-0.39, 0.29) is 25.2 Å². The Bertz CT molecular complexity index is 578. The van der Waals surface area contributed by atoms with Gasteiger partial charge >= 0.3 is 11.9 Å². The van der Waals surface area contributed by atoms with Crippen molar-refractivity contribution < 1.29 is 24.2 Å². The molecule has 0 spiro atoms. The molecule has 0 rings (SSSR count). The first-order chi connectivity index (χ1) is 20.0. The number of esters is 2. The fourth-order valence-corrected chi connectivity index (χ4v) is 5.46. The van der Waals surface area contributed by atoms with E-state index < -0.39 is 5.60 Å². The van der Waals surface area contributed by atoms with Gasteiger partial charge in [-0.25, -0.2) is 0 Å². The van der Waals surface area contributed by atoms with Crippen LogP contribution >= 0.6 is 0 Å². The summed E-state index contributed by atoms with van der Waals surface area (Å²) >= 11 is 0. The van der Waals surface area contributed by atoms with Gasteiger partial charge in [0.05, 0.1) is 6.61 Å². The summed E-state index contributed by atoms with van der Waals surface area (Å²) in [5, 5.41) is 9.49. The highest BCUT2D eigenvalue weighted by Crippen LogP contribution is 2.22. The van der Waals surface area contributed by atoms with Gasteiger partial charge in [0.1, 0.15) is 5.60 Å². The first kappa shape index (κ1) is 39.9. The highest BCUT2D eigenvalue weighted by Gasteiger charge is 2.28. The molecule has 41 heavy (non-hydrogen) atoms. The molecule has 0 saturated carbocycles. The van der Waals surface area contributed by atoms with E-state index >= 15 is 0 Å². The topological polar surface area (TPSA) is 72.8 Å². The van der Waals surface area contributed by atoms with Gasteiger partial charge in [0.25, 0.3) is 0 Å². The summed E-state index contributed by atoms with van der Waals surface area (Å²) in [4.78, 5) is 24.6. The summed E-state index contributed by atoms with van der Waals surface area (Å²) in [5.74, 6) is -0.387. The van der Waals surface area contributed by atoms with Crippen molar-refractivity contribution in [1.29, 1.82) is 0 Å². The molecule has 0 fully saturated rings. The zero-order chi connectivity index (χ0) is 30.3. The zero-order valence-electron chi connectivity index (χ0n) is 27.8. The molecule has 1 N–H and O–H groups in total. The van der Waals surface area contributed by atoms with Crippen LogP contribution in [0.15, 0.2) is 0 Å². The minimum Gasteiger partial charge on any atom is -0.466 e. The Kier molecular flexibility index (Phi) is 29.5. The molecule has 0 aliphatic rings. The van der Waals surface area contributed by atoms with E-state index in [1.807, 2.05) is 6.92 Å². The van der Waals surface area contributed by atoms with Crippen molar-refractivity contribution in [2.45, 2.75) is 206 Å². The van der Waals surface area contributed by atoms with Crippen molar-refractivity contribution in [2.24, 2.45) is 0 Å². The Hall–Kier alpha value is -1.10. The summed E-state index contributed by atoms with van der Waals surface area (Å²) in [7, 11) is 0. The molecule has 1 atom stereocenters. The van der Waals surface area contributed by atoms with Gasteiger partial charge in [-0.3, -0.25) is 9.59 Å². The summed E-state index contributed by atoms with van der Waals surface area (Å²) in [5.41, 5.74) is -0.792. The quantitative estimate of drug-likeness (QED) is 0.0631. The van der Waals surface area contributed by atoms with Crippen molar-refractivity contribution in [3.8, 4) is 0 Å². The van der Waals surface area contributed by atoms with E-state index in [0.29, 0.717) is 25.7 Å². The molecule has 244 valence electrons. The van der Waals surface area contributed by atoms with E-state index in [4.69, 9.17) is 9.47 Å². The first-order valence-corrected chi connectivity index (χ1v) is 18.0. The molecule has 0 heterocycles. The second-order valence-electron chi connectivity index (χ2n) is 12.6. The number of aliphatic hydroxyl groups excluding tert-OH is 1. The monoisotopic (exact) mass is 583 g/mol. The van der Waals surface area contributed by atoms with Crippen LogP contribution in [0, 0.1) is 0 Å². The lowest BCUT2D eigenvalue weighted by Gasteiger charge is -2.29. The van der Waals surface area contributed by atoms with Crippen molar-refractivity contribution in [3.05, 3.63) is 0 Å². The number of carbonyl (C=O) groups excluding carboxylic acids is 2. The molecule has 0 amide bonds. The second-order valence-corrected chi connectivity index (χ2v) is 12.6. The normalized spacial score (nSPS) is 12.8. The molecular weight excluding hydrogens is 512 g/mol. The number of hydrogen-bond donors (Lipinski definition) is 1. The molecule has 5 nitrogen and oxygen atoms in total. The lowest BCUT2D eigenvalue weighted by atomic mass is 9.98. The molecule has 1 unspecified atom stereocenters. The van der Waals surface area contributed by atoms with Crippen molar-refractivity contribution in [2.75, 3.05) is 13.2 Å². The van der Waals surface area contributed by atoms with Crippen LogP contribution in [0.4, 0.5) is 0 Å². The molecule has 0 radical (unpaired) electrons. The molecule has 0 aromatic carbocycles. The van der Waals surface area contributed by atoms with E-state index in [1.165, 1.54) is 128 Å². The van der Waals surface area contributed by atoms with Crippen molar-refractivity contribution in [1.82, 2.24) is 0 Å². The van der Waals surface area contributed by atoms with Gasteiger partial charge < -0.3 is 14.6 Å². The van der Waals surface area contributed by atoms with Gasteiger partial charge in [0.15, 0.2) is 0 Å². The van der Waals surface area contributed by atoms with E-state index in [2.05, 4.69) is 13.8 Å². The van der Waals surface area contributed by atoms with Gasteiger partial charge in [-0.1, -0.05) is 155 Å². The van der Waals surface area contributed by atoms with Crippen LogP contribution in [0.1, 0.15) is 201 Å². The second kappa shape index (κ2) is 30.4. The third-order valence-corrected chi connectivity index (χ3v) is 8.36. The largest absolute Gasteiger partial charge is 0.466 e. The Morgan fingerprint density at radius 3 is 1.22 bits per heavy atom. The third kappa shape index (κ3) is 28.8. The SMILES string of the molecule is CCCCCCCCCCCCCCC(=O)OCCC(C)(CCO)OC(=O)CCCCCCCCCCCCCC. The first-order valence-electron chi connectivity index (χ1n) is 18.0. The molecular formula is C36H70O5. The van der Waals surface area contributed by atoms with Gasteiger partial charge in [-0.05, 0) is 19.8 Å². The minimum atomic E-state index is -0.792. The number of ether oxygens (including phenoxy) is 2. The predicted molar refractivity (Wildman–Crippen MR) is 173 cm³/mol. The highest BCUT2D eigenvalue weighted by molar-refractivity contribution is 5.70. The highest BCUT2D eigenvalue weighted by atomic mass is 16.6. The maximum atomic E-state index is 12.4. The Balaban J connectivity index is 3.79. The number of hydrogen-bond acceptors (Lipinski definition) is 5. The van der Waals surface area contributed by atoms with E-state index in [0.717, 1.165) is 25.7 Å². The van der Waals surface area contributed by atoms with Crippen LogP contribution in [0.25, 0.3) is 0 Å². The number of aliphatic hydroxyl groups is 1. The maximum Gasteiger partial charge on any atom is 0.306 e. The average Bonchev–Trinajstić information content (AvgIpc) is 2.94. The molecule has 0 aliphatic heterocycles. The summed E-state index contributed by atoms with van der Waals surface area (Å²) in [6.07, 6.45) is 32.0. The number of carbonyl (C=O) groups is 2. The van der Waals surface area contributed by atoms with Crippen LogP contribution in [0.2, 0.25) is 0 Å². The molecule has 0 bridgehead atoms. The number of unbranched alkanes of at least 4 members (excludes halogenated alkanes) is 22. The fraction of sp³-hybridized carbons (Fsp3) is 0.944. The zero-order valence-corrected chi connectivity index (χ0v) is 27.8. The molecule has 0 saturated heterocycles. The van der Waals surface area contributed by atoms with Crippen LogP contribution < -0.4 is 0 Å². The van der Waals surface area contributed by atoms with Crippen molar-refractivity contribution >= 4 is 11.9 Å². The smallest absolute Gasteiger partial charge is 0.306 e. The average molecular weight is 583 g/mol. The molecule has 0 aliphatic carbocycles. The van der Waals surface area contributed by atoms with Gasteiger partial charge in [0, 0.05) is 32.3 Å². The standard InChI is InChI=1S/C36H70O5/c1-4-6-8-10-12-14-16-18-20-22-24-26-28-34(38)40-33-31-36(3,30-32-37)41-35(39)29-27-25-23-21-19-17-15-13-11-9-7-5-2/h37H,4-33H2,1-3H3. The molecule has 0 aromatic rings. The lowest BCUT2D eigenvalue weighted by Crippen LogP contribution is -2.34. The van der Waals surface area contributed by atoms with Crippen LogP contribution in [-0.4, -0.2) is 35.9 Å². The Morgan fingerprint density at radius 1 is 0.512 bits per heavy atom. The summed E-state index contributed by atoms with van der Waals surface area (Å²) in [6.45, 7) is 6.51. The molecule has 5 heteroatoms. The Morgan fingerprint density at radius 2 is 0.854 bits per heavy atom. The van der Waals surface area contributed by atoms with E-state index in [9.17, 15) is 14.7 Å². The maximum absolute atomic E-state index is 12.4. The van der Waals surface area contributed by atoms with Crippen molar-refractivity contribution in [3.63, 3.8) is 0 Å². The minimum absolute atomic E-state index is 0.0603. The van der Waals surface area contributed by atoms with Gasteiger partial charge in [-0.2, -0.15) is 0 Å². The fourth-order valence-electron chi connectivity index (χ4n) is 5.46. The van der Waals surface area contributed by atoms with Gasteiger partial charge in [-0.15, -0.1) is 0 Å². The summed E-state index contributed by atoms with van der Waals surface area (Å²) < 4.78 is 11.2. The van der Waals surface area contributed by atoms with Crippen LogP contribution in [-0.2, 0) is 19.1 Å².